The number of carbonyl (C=O) groups excluding carboxylic acids is 2. The Morgan fingerprint density at radius 1 is 1.16 bits per heavy atom. The second-order valence-corrected chi connectivity index (χ2v) is 8.93. The first kappa shape index (κ1) is 20.2. The van der Waals surface area contributed by atoms with Gasteiger partial charge >= 0.3 is 0 Å². The van der Waals surface area contributed by atoms with Crippen LogP contribution in [-0.4, -0.2) is 38.7 Å². The fourth-order valence-electron chi connectivity index (χ4n) is 4.92. The molecule has 1 aromatic carbocycles. The molecule has 0 atom stereocenters. The lowest BCUT2D eigenvalue weighted by Crippen LogP contribution is -2.58. The molecule has 2 aromatic heterocycles. The number of nitrogens with one attached hydrogen (secondary N) is 1. The van der Waals surface area contributed by atoms with Gasteiger partial charge < -0.3 is 15.8 Å². The van der Waals surface area contributed by atoms with E-state index < -0.39 is 5.91 Å². The Labute approximate surface area is 185 Å². The first-order valence-corrected chi connectivity index (χ1v) is 10.7. The summed E-state index contributed by atoms with van der Waals surface area (Å²) in [6.45, 7) is 0. The van der Waals surface area contributed by atoms with E-state index in [-0.39, 0.29) is 23.5 Å². The standard InChI is InChI=1S/C24H25N5O3/c1-29-14-17(13-27-29)15-4-2-5-16(8-15)22(31)28-18-9-24(10-18)11-19(12-24)32-23-20(21(25)30)6-3-7-26-23/h2-8,13-14,18-19H,9-12H2,1H3,(H2,25,30)(H,28,31)/t18-,19-,24?. The largest absolute Gasteiger partial charge is 0.474 e. The zero-order valence-electron chi connectivity index (χ0n) is 17.8. The molecule has 2 heterocycles. The number of nitrogens with zero attached hydrogens (tertiary/aromatic N) is 3. The maximum Gasteiger partial charge on any atom is 0.254 e. The lowest BCUT2D eigenvalue weighted by Gasteiger charge is -2.57. The van der Waals surface area contributed by atoms with Crippen LogP contribution in [-0.2, 0) is 7.05 Å². The van der Waals surface area contributed by atoms with Crippen molar-refractivity contribution in [1.82, 2.24) is 20.1 Å². The number of hydrogen-bond donors (Lipinski definition) is 2. The van der Waals surface area contributed by atoms with E-state index in [1.165, 1.54) is 0 Å². The Morgan fingerprint density at radius 3 is 2.69 bits per heavy atom. The van der Waals surface area contributed by atoms with Crippen LogP contribution < -0.4 is 15.8 Å². The molecular weight excluding hydrogens is 406 g/mol. The third-order valence-corrected chi connectivity index (χ3v) is 6.49. The highest BCUT2D eigenvalue weighted by molar-refractivity contribution is 5.96. The number of hydrogen-bond acceptors (Lipinski definition) is 5. The second kappa shape index (κ2) is 7.78. The third kappa shape index (κ3) is 3.84. The van der Waals surface area contributed by atoms with E-state index in [1.54, 1.807) is 29.2 Å². The van der Waals surface area contributed by atoms with Gasteiger partial charge in [0.05, 0.1) is 6.20 Å². The zero-order chi connectivity index (χ0) is 22.3. The summed E-state index contributed by atoms with van der Waals surface area (Å²) < 4.78 is 7.65. The number of pyridine rings is 1. The normalized spacial score (nSPS) is 23.8. The summed E-state index contributed by atoms with van der Waals surface area (Å²) in [5.74, 6) is -0.291. The van der Waals surface area contributed by atoms with Crippen LogP contribution in [0.5, 0.6) is 5.88 Å². The van der Waals surface area contributed by atoms with Crippen LogP contribution >= 0.6 is 0 Å². The van der Waals surface area contributed by atoms with Crippen LogP contribution in [0.2, 0.25) is 0 Å². The summed E-state index contributed by atoms with van der Waals surface area (Å²) in [5.41, 5.74) is 8.51. The predicted octanol–water partition coefficient (Wildman–Crippen LogP) is 2.70. The van der Waals surface area contributed by atoms with E-state index in [4.69, 9.17) is 10.5 Å². The van der Waals surface area contributed by atoms with Gasteiger partial charge in [-0.3, -0.25) is 14.3 Å². The van der Waals surface area contributed by atoms with Crippen molar-refractivity contribution < 1.29 is 14.3 Å². The first-order valence-electron chi connectivity index (χ1n) is 10.7. The van der Waals surface area contributed by atoms with Gasteiger partial charge in [0.15, 0.2) is 0 Å². The Kier molecular flexibility index (Phi) is 4.92. The SMILES string of the molecule is Cn1cc(-c2cccc(C(=O)N[C@H]3CC4(C3)C[C@H](Oc3ncccc3C(N)=O)C4)c2)cn1. The maximum absolute atomic E-state index is 12.8. The summed E-state index contributed by atoms with van der Waals surface area (Å²) in [5, 5.41) is 7.35. The molecule has 2 aliphatic rings. The van der Waals surface area contributed by atoms with E-state index in [2.05, 4.69) is 15.4 Å². The van der Waals surface area contributed by atoms with Crippen molar-refractivity contribution in [2.75, 3.05) is 0 Å². The average molecular weight is 431 g/mol. The maximum atomic E-state index is 12.8. The fourth-order valence-corrected chi connectivity index (χ4v) is 4.92. The number of aryl methyl sites for hydroxylation is 1. The van der Waals surface area contributed by atoms with Gasteiger partial charge in [-0.05, 0) is 60.9 Å². The van der Waals surface area contributed by atoms with Crippen molar-refractivity contribution in [2.24, 2.45) is 18.2 Å². The van der Waals surface area contributed by atoms with Gasteiger partial charge in [0.25, 0.3) is 11.8 Å². The summed E-state index contributed by atoms with van der Waals surface area (Å²) in [7, 11) is 1.87. The monoisotopic (exact) mass is 431 g/mol. The van der Waals surface area contributed by atoms with Crippen LogP contribution in [0.3, 0.4) is 0 Å². The number of primary amides is 1. The van der Waals surface area contributed by atoms with Gasteiger partial charge in [0, 0.05) is 36.6 Å². The highest BCUT2D eigenvalue weighted by atomic mass is 16.5. The molecule has 2 amide bonds. The number of carbonyl (C=O) groups is 2. The Hall–Kier alpha value is -3.68. The van der Waals surface area contributed by atoms with Crippen molar-refractivity contribution in [2.45, 2.75) is 37.8 Å². The van der Waals surface area contributed by atoms with Crippen LogP contribution in [0.1, 0.15) is 46.4 Å². The quantitative estimate of drug-likeness (QED) is 0.623. The molecule has 5 rings (SSSR count). The van der Waals surface area contributed by atoms with Gasteiger partial charge in [-0.2, -0.15) is 5.10 Å². The lowest BCUT2D eigenvalue weighted by atomic mass is 9.53. The molecule has 0 bridgehead atoms. The van der Waals surface area contributed by atoms with Crippen LogP contribution in [0.15, 0.2) is 55.0 Å². The molecule has 0 radical (unpaired) electrons. The minimum Gasteiger partial charge on any atom is -0.474 e. The van der Waals surface area contributed by atoms with Crippen LogP contribution in [0.25, 0.3) is 11.1 Å². The lowest BCUT2D eigenvalue weighted by molar-refractivity contribution is -0.0848. The number of benzene rings is 1. The van der Waals surface area contributed by atoms with Crippen molar-refractivity contribution in [1.29, 1.82) is 0 Å². The molecule has 1 spiro atoms. The average Bonchev–Trinajstić information content (AvgIpc) is 3.17. The molecule has 0 saturated heterocycles. The molecule has 8 nitrogen and oxygen atoms in total. The summed E-state index contributed by atoms with van der Waals surface area (Å²) in [4.78, 5) is 28.4. The molecular formula is C24H25N5O3. The number of rotatable bonds is 6. The molecule has 164 valence electrons. The number of ether oxygens (including phenoxy) is 1. The van der Waals surface area contributed by atoms with Gasteiger partial charge in [-0.1, -0.05) is 12.1 Å². The molecule has 32 heavy (non-hydrogen) atoms. The minimum atomic E-state index is -0.541. The molecule has 2 saturated carbocycles. The van der Waals surface area contributed by atoms with E-state index in [0.29, 0.717) is 17.0 Å². The van der Waals surface area contributed by atoms with Crippen LogP contribution in [0, 0.1) is 5.41 Å². The molecule has 3 aromatic rings. The van der Waals surface area contributed by atoms with Gasteiger partial charge in [-0.15, -0.1) is 0 Å². The molecule has 0 unspecified atom stereocenters. The van der Waals surface area contributed by atoms with Crippen molar-refractivity contribution in [3.63, 3.8) is 0 Å². The Morgan fingerprint density at radius 2 is 1.97 bits per heavy atom. The summed E-state index contributed by atoms with van der Waals surface area (Å²) in [6, 6.07) is 11.1. The topological polar surface area (TPSA) is 112 Å². The number of amides is 2. The third-order valence-electron chi connectivity index (χ3n) is 6.49. The second-order valence-electron chi connectivity index (χ2n) is 8.93. The molecule has 8 heteroatoms. The highest BCUT2D eigenvalue weighted by Crippen LogP contribution is 2.56. The Balaban J connectivity index is 1.13. The predicted molar refractivity (Wildman–Crippen MR) is 118 cm³/mol. The van der Waals surface area contributed by atoms with E-state index in [0.717, 1.165) is 36.8 Å². The number of aromatic nitrogens is 3. The van der Waals surface area contributed by atoms with Gasteiger partial charge in [-0.25, -0.2) is 4.98 Å². The fraction of sp³-hybridized carbons (Fsp3) is 0.333. The molecule has 0 aliphatic heterocycles. The van der Waals surface area contributed by atoms with E-state index in [9.17, 15) is 9.59 Å². The van der Waals surface area contributed by atoms with Gasteiger partial charge in [0.1, 0.15) is 11.7 Å². The van der Waals surface area contributed by atoms with E-state index in [1.807, 2.05) is 37.5 Å². The summed E-state index contributed by atoms with van der Waals surface area (Å²) >= 11 is 0. The number of nitrogens with two attached hydrogens (primary N) is 1. The van der Waals surface area contributed by atoms with Crippen molar-refractivity contribution in [3.05, 3.63) is 66.1 Å². The van der Waals surface area contributed by atoms with E-state index >= 15 is 0 Å². The minimum absolute atomic E-state index is 0.0239. The van der Waals surface area contributed by atoms with Crippen molar-refractivity contribution in [3.8, 4) is 17.0 Å². The highest BCUT2D eigenvalue weighted by Gasteiger charge is 2.54. The molecule has 3 N–H and O–H groups in total. The molecule has 2 aliphatic carbocycles. The van der Waals surface area contributed by atoms with Crippen LogP contribution in [0.4, 0.5) is 0 Å². The van der Waals surface area contributed by atoms with Crippen molar-refractivity contribution >= 4 is 11.8 Å². The first-order chi connectivity index (χ1) is 15.4. The Bertz CT molecular complexity index is 1170. The molecule has 2 fully saturated rings. The summed E-state index contributed by atoms with van der Waals surface area (Å²) in [6.07, 6.45) is 9.00. The van der Waals surface area contributed by atoms with Gasteiger partial charge in [0.2, 0.25) is 5.88 Å². The zero-order valence-corrected chi connectivity index (χ0v) is 17.8. The smallest absolute Gasteiger partial charge is 0.254 e.